The van der Waals surface area contributed by atoms with Gasteiger partial charge in [-0.2, -0.15) is 0 Å². The Balaban J connectivity index is 2.14. The average Bonchev–Trinajstić information content (AvgIpc) is 2.47. The van der Waals surface area contributed by atoms with E-state index >= 15 is 0 Å². The maximum Gasteiger partial charge on any atom is 0.240 e. The fourth-order valence-electron chi connectivity index (χ4n) is 1.83. The molecule has 0 radical (unpaired) electrons. The molecular formula is C15H17FN2O2S. The lowest BCUT2D eigenvalue weighted by Gasteiger charge is -2.10. The summed E-state index contributed by atoms with van der Waals surface area (Å²) in [5.74, 6) is -0.355. The predicted molar refractivity (Wildman–Crippen MR) is 79.5 cm³/mol. The summed E-state index contributed by atoms with van der Waals surface area (Å²) in [5, 5.41) is 0. The normalized spacial score (nSPS) is 13.1. The minimum atomic E-state index is -3.62. The third-order valence-electron chi connectivity index (χ3n) is 3.07. The fourth-order valence-corrected chi connectivity index (χ4v) is 2.90. The molecule has 1 unspecified atom stereocenters. The molecule has 21 heavy (non-hydrogen) atoms. The molecule has 0 spiro atoms. The van der Waals surface area contributed by atoms with Crippen molar-refractivity contribution in [1.82, 2.24) is 4.72 Å². The minimum absolute atomic E-state index is 0.102. The van der Waals surface area contributed by atoms with E-state index in [1.165, 1.54) is 30.3 Å². The topological polar surface area (TPSA) is 72.2 Å². The van der Waals surface area contributed by atoms with Gasteiger partial charge in [0.2, 0.25) is 10.0 Å². The molecule has 0 aliphatic heterocycles. The molecule has 0 saturated heterocycles. The first-order chi connectivity index (χ1) is 9.88. The van der Waals surface area contributed by atoms with E-state index in [0.29, 0.717) is 5.56 Å². The zero-order chi connectivity index (χ0) is 15.5. The Morgan fingerprint density at radius 3 is 2.48 bits per heavy atom. The molecule has 6 heteroatoms. The van der Waals surface area contributed by atoms with E-state index in [1.54, 1.807) is 25.1 Å². The van der Waals surface area contributed by atoms with Crippen molar-refractivity contribution in [1.29, 1.82) is 0 Å². The Labute approximate surface area is 123 Å². The molecular weight excluding hydrogens is 291 g/mol. The Kier molecular flexibility index (Phi) is 4.72. The van der Waals surface area contributed by atoms with Crippen molar-refractivity contribution in [2.75, 3.05) is 0 Å². The zero-order valence-corrected chi connectivity index (χ0v) is 12.4. The lowest BCUT2D eigenvalue weighted by molar-refractivity contribution is 0.581. The van der Waals surface area contributed by atoms with Crippen LogP contribution in [0.1, 0.15) is 24.1 Å². The third kappa shape index (κ3) is 4.10. The van der Waals surface area contributed by atoms with Gasteiger partial charge < -0.3 is 5.73 Å². The number of hydrogen-bond acceptors (Lipinski definition) is 3. The molecule has 0 aliphatic carbocycles. The highest BCUT2D eigenvalue weighted by atomic mass is 32.2. The van der Waals surface area contributed by atoms with E-state index in [9.17, 15) is 12.8 Å². The number of nitrogens with one attached hydrogen (secondary N) is 1. The van der Waals surface area contributed by atoms with Crippen LogP contribution in [0.5, 0.6) is 0 Å². The molecule has 112 valence electrons. The molecule has 0 aliphatic rings. The summed E-state index contributed by atoms with van der Waals surface area (Å²) in [6.45, 7) is 1.89. The van der Waals surface area contributed by atoms with Crippen molar-refractivity contribution in [3.05, 3.63) is 65.5 Å². The van der Waals surface area contributed by atoms with Gasteiger partial charge >= 0.3 is 0 Å². The molecule has 1 atom stereocenters. The summed E-state index contributed by atoms with van der Waals surface area (Å²) in [6, 6.07) is 11.9. The van der Waals surface area contributed by atoms with Crippen LogP contribution >= 0.6 is 0 Å². The van der Waals surface area contributed by atoms with E-state index in [-0.39, 0.29) is 23.3 Å². The summed E-state index contributed by atoms with van der Waals surface area (Å²) in [6.07, 6.45) is 0. The van der Waals surface area contributed by atoms with Gasteiger partial charge in [0, 0.05) is 12.6 Å². The summed E-state index contributed by atoms with van der Waals surface area (Å²) in [5.41, 5.74) is 7.19. The lowest BCUT2D eigenvalue weighted by Crippen LogP contribution is -2.23. The zero-order valence-electron chi connectivity index (χ0n) is 11.6. The van der Waals surface area contributed by atoms with Crippen LogP contribution in [-0.4, -0.2) is 8.42 Å². The van der Waals surface area contributed by atoms with Gasteiger partial charge in [0.05, 0.1) is 4.90 Å². The predicted octanol–water partition coefficient (Wildman–Crippen LogP) is 2.32. The van der Waals surface area contributed by atoms with Crippen LogP contribution in [0.15, 0.2) is 53.4 Å². The van der Waals surface area contributed by atoms with Gasteiger partial charge in [-0.25, -0.2) is 17.5 Å². The molecule has 2 aromatic carbocycles. The first-order valence-electron chi connectivity index (χ1n) is 6.48. The highest BCUT2D eigenvalue weighted by molar-refractivity contribution is 7.89. The van der Waals surface area contributed by atoms with Crippen molar-refractivity contribution in [2.45, 2.75) is 24.4 Å². The first-order valence-corrected chi connectivity index (χ1v) is 7.96. The lowest BCUT2D eigenvalue weighted by atomic mass is 10.1. The van der Waals surface area contributed by atoms with Crippen molar-refractivity contribution >= 4 is 10.0 Å². The van der Waals surface area contributed by atoms with E-state index in [0.717, 1.165) is 5.56 Å². The monoisotopic (exact) mass is 308 g/mol. The molecule has 2 rings (SSSR count). The standard InChI is InChI=1S/C15H17FN2O2S/c1-11(17)13-3-2-4-15(9-13)21(19,20)18-10-12-5-7-14(16)8-6-12/h2-9,11,18H,10,17H2,1H3. The highest BCUT2D eigenvalue weighted by Crippen LogP contribution is 2.16. The molecule has 3 N–H and O–H groups in total. The van der Waals surface area contributed by atoms with Crippen molar-refractivity contribution in [3.8, 4) is 0 Å². The number of nitrogens with two attached hydrogens (primary N) is 1. The molecule has 0 bridgehead atoms. The van der Waals surface area contributed by atoms with Gasteiger partial charge in [-0.3, -0.25) is 0 Å². The van der Waals surface area contributed by atoms with Crippen LogP contribution in [0, 0.1) is 5.82 Å². The molecule has 0 fully saturated rings. The molecule has 0 saturated carbocycles. The Morgan fingerprint density at radius 1 is 1.19 bits per heavy atom. The van der Waals surface area contributed by atoms with Crippen molar-refractivity contribution in [3.63, 3.8) is 0 Å². The quantitative estimate of drug-likeness (QED) is 0.890. The van der Waals surface area contributed by atoms with Gasteiger partial charge in [-0.15, -0.1) is 0 Å². The second-order valence-electron chi connectivity index (χ2n) is 4.81. The Hall–Kier alpha value is -1.76. The smallest absolute Gasteiger partial charge is 0.240 e. The van der Waals surface area contributed by atoms with Gasteiger partial charge in [0.1, 0.15) is 5.82 Å². The van der Waals surface area contributed by atoms with E-state index in [4.69, 9.17) is 5.73 Å². The fraction of sp³-hybridized carbons (Fsp3) is 0.200. The SMILES string of the molecule is CC(N)c1cccc(S(=O)(=O)NCc2ccc(F)cc2)c1. The maximum absolute atomic E-state index is 12.8. The van der Waals surface area contributed by atoms with Gasteiger partial charge in [0.15, 0.2) is 0 Å². The van der Waals surface area contributed by atoms with Gasteiger partial charge in [-0.1, -0.05) is 24.3 Å². The summed E-state index contributed by atoms with van der Waals surface area (Å²) in [4.78, 5) is 0.166. The third-order valence-corrected chi connectivity index (χ3v) is 4.47. The van der Waals surface area contributed by atoms with E-state index in [2.05, 4.69) is 4.72 Å². The Bertz CT molecular complexity index is 713. The highest BCUT2D eigenvalue weighted by Gasteiger charge is 2.14. The van der Waals surface area contributed by atoms with Gasteiger partial charge in [-0.05, 0) is 42.3 Å². The maximum atomic E-state index is 12.8. The molecule has 2 aromatic rings. The van der Waals surface area contributed by atoms with Gasteiger partial charge in [0.25, 0.3) is 0 Å². The number of sulfonamides is 1. The number of benzene rings is 2. The van der Waals surface area contributed by atoms with E-state index < -0.39 is 10.0 Å². The number of hydrogen-bond donors (Lipinski definition) is 2. The second kappa shape index (κ2) is 6.34. The average molecular weight is 308 g/mol. The van der Waals surface area contributed by atoms with Crippen LogP contribution in [0.4, 0.5) is 4.39 Å². The van der Waals surface area contributed by atoms with Crippen molar-refractivity contribution in [2.24, 2.45) is 5.73 Å². The number of halogens is 1. The van der Waals surface area contributed by atoms with Crippen LogP contribution in [0.3, 0.4) is 0 Å². The van der Waals surface area contributed by atoms with Crippen LogP contribution in [-0.2, 0) is 16.6 Å². The summed E-state index contributed by atoms with van der Waals surface area (Å²) >= 11 is 0. The molecule has 4 nitrogen and oxygen atoms in total. The number of rotatable bonds is 5. The van der Waals surface area contributed by atoms with E-state index in [1.807, 2.05) is 0 Å². The largest absolute Gasteiger partial charge is 0.324 e. The second-order valence-corrected chi connectivity index (χ2v) is 6.58. The minimum Gasteiger partial charge on any atom is -0.324 e. The Morgan fingerprint density at radius 2 is 1.86 bits per heavy atom. The molecule has 0 aromatic heterocycles. The van der Waals surface area contributed by atoms with Crippen LogP contribution < -0.4 is 10.5 Å². The molecule has 0 heterocycles. The van der Waals surface area contributed by atoms with Crippen molar-refractivity contribution < 1.29 is 12.8 Å². The first kappa shape index (κ1) is 15.6. The van der Waals surface area contributed by atoms with Crippen LogP contribution in [0.2, 0.25) is 0 Å². The summed E-state index contributed by atoms with van der Waals surface area (Å²) < 4.78 is 39.7. The van der Waals surface area contributed by atoms with Crippen LogP contribution in [0.25, 0.3) is 0 Å². The molecule has 0 amide bonds. The summed E-state index contributed by atoms with van der Waals surface area (Å²) in [7, 11) is -3.62.